The van der Waals surface area contributed by atoms with Crippen LogP contribution < -0.4 is 15.2 Å². The topological polar surface area (TPSA) is 78.5 Å². The van der Waals surface area contributed by atoms with Crippen molar-refractivity contribution in [3.8, 4) is 5.75 Å². The summed E-state index contributed by atoms with van der Waals surface area (Å²) in [4.78, 5) is 23.1. The van der Waals surface area contributed by atoms with Gasteiger partial charge in [0.2, 0.25) is 0 Å². The van der Waals surface area contributed by atoms with Crippen LogP contribution in [0.2, 0.25) is 0 Å². The van der Waals surface area contributed by atoms with Crippen LogP contribution in [0.15, 0.2) is 48.5 Å². The Morgan fingerprint density at radius 3 is 2.25 bits per heavy atom. The minimum Gasteiger partial charge on any atom is -0.545 e. The minimum absolute atomic E-state index is 0.0734. The molecule has 0 atom stereocenters. The number of aromatic carboxylic acids is 1. The van der Waals surface area contributed by atoms with E-state index in [9.17, 15) is 14.7 Å². The van der Waals surface area contributed by atoms with Gasteiger partial charge in [-0.15, -0.1) is 0 Å². The molecule has 5 nitrogen and oxygen atoms in total. The van der Waals surface area contributed by atoms with Crippen molar-refractivity contribution in [2.45, 2.75) is 0 Å². The summed E-state index contributed by atoms with van der Waals surface area (Å²) in [5.41, 5.74) is 0.433. The van der Waals surface area contributed by atoms with Crippen LogP contribution in [0, 0.1) is 0 Å². The van der Waals surface area contributed by atoms with E-state index in [1.807, 2.05) is 0 Å². The molecule has 0 aromatic heterocycles. The third kappa shape index (κ3) is 2.77. The first-order chi connectivity index (χ1) is 9.63. The highest BCUT2D eigenvalue weighted by atomic mass is 16.5. The van der Waals surface area contributed by atoms with E-state index in [0.29, 0.717) is 11.3 Å². The van der Waals surface area contributed by atoms with Gasteiger partial charge in [0.05, 0.1) is 24.3 Å². The molecular formula is C15H12NO4-. The Balaban J connectivity index is 2.31. The molecule has 0 fully saturated rings. The van der Waals surface area contributed by atoms with Crippen molar-refractivity contribution in [1.82, 2.24) is 0 Å². The third-order valence-electron chi connectivity index (χ3n) is 2.75. The number of para-hydroxylation sites is 2. The van der Waals surface area contributed by atoms with Crippen LogP contribution in [-0.2, 0) is 0 Å². The fourth-order valence-corrected chi connectivity index (χ4v) is 1.79. The molecule has 102 valence electrons. The monoisotopic (exact) mass is 270 g/mol. The molecule has 1 N–H and O–H groups in total. The predicted octanol–water partition coefficient (Wildman–Crippen LogP) is 1.31. The van der Waals surface area contributed by atoms with E-state index in [1.54, 1.807) is 36.4 Å². The van der Waals surface area contributed by atoms with E-state index >= 15 is 0 Å². The number of carboxylic acid groups (broad SMARTS) is 1. The Kier molecular flexibility index (Phi) is 4.00. The maximum absolute atomic E-state index is 12.2. The van der Waals surface area contributed by atoms with E-state index in [-0.39, 0.29) is 11.3 Å². The number of carboxylic acids is 1. The summed E-state index contributed by atoms with van der Waals surface area (Å²) in [5.74, 6) is -1.38. The quantitative estimate of drug-likeness (QED) is 0.908. The lowest BCUT2D eigenvalue weighted by Gasteiger charge is -2.13. The number of hydrogen-bond donors (Lipinski definition) is 1. The number of benzene rings is 2. The zero-order valence-corrected chi connectivity index (χ0v) is 10.8. The van der Waals surface area contributed by atoms with E-state index in [2.05, 4.69) is 5.32 Å². The van der Waals surface area contributed by atoms with Crippen LogP contribution >= 0.6 is 0 Å². The molecule has 5 heteroatoms. The number of carbonyl (C=O) groups is 2. The number of rotatable bonds is 4. The number of anilines is 1. The normalized spacial score (nSPS) is 9.85. The second-order valence-corrected chi connectivity index (χ2v) is 3.99. The van der Waals surface area contributed by atoms with Crippen molar-refractivity contribution in [1.29, 1.82) is 0 Å². The molecule has 0 bridgehead atoms. The highest BCUT2D eigenvalue weighted by Gasteiger charge is 2.13. The van der Waals surface area contributed by atoms with Gasteiger partial charge in [0.25, 0.3) is 5.91 Å². The molecule has 0 heterocycles. The Bertz CT molecular complexity index is 652. The first kappa shape index (κ1) is 13.6. The van der Waals surface area contributed by atoms with Crippen molar-refractivity contribution in [2.24, 2.45) is 0 Å². The van der Waals surface area contributed by atoms with Crippen LogP contribution in [-0.4, -0.2) is 19.0 Å². The molecule has 0 aliphatic heterocycles. The molecule has 0 radical (unpaired) electrons. The Morgan fingerprint density at radius 2 is 1.60 bits per heavy atom. The molecule has 0 aliphatic carbocycles. The summed E-state index contributed by atoms with van der Waals surface area (Å²) in [6.45, 7) is 0. The van der Waals surface area contributed by atoms with Crippen molar-refractivity contribution < 1.29 is 19.4 Å². The molecule has 0 unspecified atom stereocenters. The molecular weight excluding hydrogens is 258 g/mol. The molecule has 2 aromatic rings. The zero-order valence-electron chi connectivity index (χ0n) is 10.8. The third-order valence-corrected chi connectivity index (χ3v) is 2.75. The maximum atomic E-state index is 12.2. The average Bonchev–Trinajstić information content (AvgIpc) is 2.47. The van der Waals surface area contributed by atoms with Gasteiger partial charge in [-0.1, -0.05) is 30.3 Å². The van der Waals surface area contributed by atoms with E-state index < -0.39 is 11.9 Å². The summed E-state index contributed by atoms with van der Waals surface area (Å²) in [5, 5.41) is 13.5. The van der Waals surface area contributed by atoms with E-state index in [4.69, 9.17) is 4.74 Å². The lowest BCUT2D eigenvalue weighted by Crippen LogP contribution is -2.24. The summed E-state index contributed by atoms with van der Waals surface area (Å²) >= 11 is 0. The number of amides is 1. The van der Waals surface area contributed by atoms with Gasteiger partial charge < -0.3 is 20.0 Å². The van der Waals surface area contributed by atoms with Gasteiger partial charge in [0, 0.05) is 5.56 Å². The van der Waals surface area contributed by atoms with Crippen molar-refractivity contribution in [3.63, 3.8) is 0 Å². The number of ether oxygens (including phenoxy) is 1. The number of hydrogen-bond acceptors (Lipinski definition) is 4. The molecule has 0 spiro atoms. The molecule has 20 heavy (non-hydrogen) atoms. The molecule has 0 saturated carbocycles. The number of carbonyl (C=O) groups excluding carboxylic acids is 2. The molecule has 0 aliphatic rings. The Morgan fingerprint density at radius 1 is 1.00 bits per heavy atom. The summed E-state index contributed by atoms with van der Waals surface area (Å²) in [6, 6.07) is 12.7. The van der Waals surface area contributed by atoms with Gasteiger partial charge in [-0.3, -0.25) is 4.79 Å². The van der Waals surface area contributed by atoms with Gasteiger partial charge in [0.15, 0.2) is 0 Å². The number of methoxy groups -OCH3 is 1. The minimum atomic E-state index is -1.35. The van der Waals surface area contributed by atoms with Crippen LogP contribution in [0.4, 0.5) is 5.69 Å². The molecule has 2 aromatic carbocycles. The van der Waals surface area contributed by atoms with Crippen LogP contribution in [0.25, 0.3) is 0 Å². The Labute approximate surface area is 115 Å². The summed E-state index contributed by atoms with van der Waals surface area (Å²) < 4.78 is 5.09. The van der Waals surface area contributed by atoms with Gasteiger partial charge in [-0.05, 0) is 18.2 Å². The zero-order chi connectivity index (χ0) is 14.5. The highest BCUT2D eigenvalue weighted by Crippen LogP contribution is 2.20. The smallest absolute Gasteiger partial charge is 0.259 e. The second-order valence-electron chi connectivity index (χ2n) is 3.99. The molecule has 0 saturated heterocycles. The van der Waals surface area contributed by atoms with Crippen molar-refractivity contribution in [2.75, 3.05) is 12.4 Å². The van der Waals surface area contributed by atoms with Gasteiger partial charge >= 0.3 is 0 Å². The van der Waals surface area contributed by atoms with Gasteiger partial charge in [-0.25, -0.2) is 0 Å². The number of nitrogens with one attached hydrogen (secondary N) is 1. The lowest BCUT2D eigenvalue weighted by molar-refractivity contribution is -0.254. The van der Waals surface area contributed by atoms with Crippen LogP contribution in [0.5, 0.6) is 5.75 Å². The fourth-order valence-electron chi connectivity index (χ4n) is 1.79. The highest BCUT2D eigenvalue weighted by molar-refractivity contribution is 6.08. The predicted molar refractivity (Wildman–Crippen MR) is 71.7 cm³/mol. The van der Waals surface area contributed by atoms with E-state index in [1.165, 1.54) is 19.2 Å². The summed E-state index contributed by atoms with van der Waals surface area (Å²) in [6.07, 6.45) is 0. The standard InChI is InChI=1S/C15H13NO4/c1-20-13-9-5-3-7-11(13)14(17)16-12-8-4-2-6-10(12)15(18)19/h2-9H,1H3,(H,16,17)(H,18,19)/p-1. The van der Waals surface area contributed by atoms with Crippen molar-refractivity contribution in [3.05, 3.63) is 59.7 Å². The van der Waals surface area contributed by atoms with Crippen LogP contribution in [0.3, 0.4) is 0 Å². The SMILES string of the molecule is COc1ccccc1C(=O)Nc1ccccc1C(=O)[O-]. The van der Waals surface area contributed by atoms with Gasteiger partial charge in [-0.2, -0.15) is 0 Å². The largest absolute Gasteiger partial charge is 0.545 e. The van der Waals surface area contributed by atoms with E-state index in [0.717, 1.165) is 0 Å². The first-order valence-corrected chi connectivity index (χ1v) is 5.88. The average molecular weight is 270 g/mol. The maximum Gasteiger partial charge on any atom is 0.259 e. The lowest BCUT2D eigenvalue weighted by atomic mass is 10.1. The summed E-state index contributed by atoms with van der Waals surface area (Å²) in [7, 11) is 1.46. The molecule has 2 rings (SSSR count). The Hall–Kier alpha value is -2.82. The first-order valence-electron chi connectivity index (χ1n) is 5.88. The van der Waals surface area contributed by atoms with Gasteiger partial charge in [0.1, 0.15) is 5.75 Å². The van der Waals surface area contributed by atoms with Crippen LogP contribution in [0.1, 0.15) is 20.7 Å². The fraction of sp³-hybridized carbons (Fsp3) is 0.0667. The van der Waals surface area contributed by atoms with Crippen molar-refractivity contribution >= 4 is 17.6 Å². The second kappa shape index (κ2) is 5.88. The molecule has 1 amide bonds.